The number of rotatable bonds is 7. The molecule has 1 aromatic carbocycles. The largest absolute Gasteiger partial charge is 0.385 e. The molecule has 0 aliphatic rings. The van der Waals surface area contributed by atoms with E-state index in [2.05, 4.69) is 4.72 Å². The Labute approximate surface area is 106 Å². The van der Waals surface area contributed by atoms with E-state index in [1.165, 1.54) is 25.3 Å². The number of sulfonamides is 1. The van der Waals surface area contributed by atoms with Crippen molar-refractivity contribution in [3.8, 4) is 0 Å². The molecule has 1 aromatic rings. The Morgan fingerprint density at radius 1 is 1.44 bits per heavy atom. The van der Waals surface area contributed by atoms with Crippen LogP contribution in [0.3, 0.4) is 0 Å². The zero-order chi connectivity index (χ0) is 13.6. The lowest BCUT2D eigenvalue weighted by atomic mass is 10.2. The number of hydrogen-bond acceptors (Lipinski definition) is 4. The van der Waals surface area contributed by atoms with Crippen LogP contribution in [0.2, 0.25) is 0 Å². The van der Waals surface area contributed by atoms with Crippen molar-refractivity contribution in [3.63, 3.8) is 0 Å². The standard InChI is InChI=1S/C11H17FN2O3S/c1-17-6-3-7-18(15,16)14-11-5-2-4-10(12)9(11)8-13/h2,4-5,14H,3,6-8,13H2,1H3. The summed E-state index contributed by atoms with van der Waals surface area (Å²) in [6.45, 7) is 0.288. The highest BCUT2D eigenvalue weighted by Gasteiger charge is 2.14. The van der Waals surface area contributed by atoms with Gasteiger partial charge in [0.2, 0.25) is 10.0 Å². The van der Waals surface area contributed by atoms with Crippen LogP contribution in [0.15, 0.2) is 18.2 Å². The normalized spacial score (nSPS) is 11.5. The Bertz CT molecular complexity index is 491. The van der Waals surface area contributed by atoms with E-state index in [4.69, 9.17) is 10.5 Å². The molecule has 18 heavy (non-hydrogen) atoms. The summed E-state index contributed by atoms with van der Waals surface area (Å²) in [6.07, 6.45) is 0.374. The second-order valence-corrected chi connectivity index (χ2v) is 5.58. The third-order valence-corrected chi connectivity index (χ3v) is 3.71. The van der Waals surface area contributed by atoms with Gasteiger partial charge in [-0.2, -0.15) is 0 Å². The minimum Gasteiger partial charge on any atom is -0.385 e. The van der Waals surface area contributed by atoms with Crippen molar-refractivity contribution in [2.45, 2.75) is 13.0 Å². The molecule has 0 atom stereocenters. The second-order valence-electron chi connectivity index (χ2n) is 3.74. The van der Waals surface area contributed by atoms with Crippen LogP contribution in [-0.2, 0) is 21.3 Å². The van der Waals surface area contributed by atoms with Crippen molar-refractivity contribution >= 4 is 15.7 Å². The molecule has 0 amide bonds. The van der Waals surface area contributed by atoms with Crippen molar-refractivity contribution in [1.82, 2.24) is 0 Å². The van der Waals surface area contributed by atoms with Crippen LogP contribution in [0.4, 0.5) is 10.1 Å². The van der Waals surface area contributed by atoms with Crippen LogP contribution in [0.5, 0.6) is 0 Å². The molecule has 0 saturated carbocycles. The molecule has 3 N–H and O–H groups in total. The molecule has 0 aliphatic carbocycles. The molecule has 102 valence electrons. The lowest BCUT2D eigenvalue weighted by Crippen LogP contribution is -2.19. The zero-order valence-electron chi connectivity index (χ0n) is 10.1. The molecule has 0 aromatic heterocycles. The molecule has 5 nitrogen and oxygen atoms in total. The Balaban J connectivity index is 2.81. The molecule has 0 bridgehead atoms. The summed E-state index contributed by atoms with van der Waals surface area (Å²) in [6, 6.07) is 4.16. The van der Waals surface area contributed by atoms with Gasteiger partial charge in [-0.3, -0.25) is 4.72 Å². The van der Waals surface area contributed by atoms with Gasteiger partial charge >= 0.3 is 0 Å². The van der Waals surface area contributed by atoms with Gasteiger partial charge in [0.15, 0.2) is 0 Å². The molecule has 0 saturated heterocycles. The highest BCUT2D eigenvalue weighted by molar-refractivity contribution is 7.92. The maximum Gasteiger partial charge on any atom is 0.232 e. The van der Waals surface area contributed by atoms with E-state index >= 15 is 0 Å². The highest BCUT2D eigenvalue weighted by Crippen LogP contribution is 2.19. The fourth-order valence-corrected chi connectivity index (χ4v) is 2.60. The van der Waals surface area contributed by atoms with Gasteiger partial charge in [0.25, 0.3) is 0 Å². The van der Waals surface area contributed by atoms with Gasteiger partial charge in [-0.15, -0.1) is 0 Å². The van der Waals surface area contributed by atoms with E-state index in [0.717, 1.165) is 0 Å². The number of benzene rings is 1. The van der Waals surface area contributed by atoms with E-state index in [1.54, 1.807) is 0 Å². The molecule has 0 fully saturated rings. The highest BCUT2D eigenvalue weighted by atomic mass is 32.2. The molecule has 7 heteroatoms. The van der Waals surface area contributed by atoms with E-state index < -0.39 is 15.8 Å². The summed E-state index contributed by atoms with van der Waals surface area (Å²) < 4.78 is 44.0. The number of halogens is 1. The lowest BCUT2D eigenvalue weighted by Gasteiger charge is -2.12. The van der Waals surface area contributed by atoms with Gasteiger partial charge in [-0.05, 0) is 18.6 Å². The van der Waals surface area contributed by atoms with Gasteiger partial charge in [0, 0.05) is 25.8 Å². The van der Waals surface area contributed by atoms with E-state index in [9.17, 15) is 12.8 Å². The number of anilines is 1. The quantitative estimate of drug-likeness (QED) is 0.730. The van der Waals surface area contributed by atoms with Crippen LogP contribution >= 0.6 is 0 Å². The first-order chi connectivity index (χ1) is 8.50. The number of nitrogens with one attached hydrogen (secondary N) is 1. The van der Waals surface area contributed by atoms with Gasteiger partial charge in [0.1, 0.15) is 5.82 Å². The molecule has 0 spiro atoms. The Kier molecular flexibility index (Phi) is 5.52. The van der Waals surface area contributed by atoms with Crippen molar-refractivity contribution < 1.29 is 17.5 Å². The van der Waals surface area contributed by atoms with Crippen LogP contribution < -0.4 is 10.5 Å². The average Bonchev–Trinajstić information content (AvgIpc) is 2.29. The monoisotopic (exact) mass is 276 g/mol. The maximum atomic E-state index is 13.4. The Hall–Kier alpha value is -1.18. The molecule has 1 rings (SSSR count). The third kappa shape index (κ3) is 4.25. The summed E-state index contributed by atoms with van der Waals surface area (Å²) in [5.41, 5.74) is 5.75. The minimum absolute atomic E-state index is 0.0669. The van der Waals surface area contributed by atoms with E-state index in [-0.39, 0.29) is 23.5 Å². The van der Waals surface area contributed by atoms with Crippen molar-refractivity contribution in [1.29, 1.82) is 0 Å². The fourth-order valence-electron chi connectivity index (χ4n) is 1.47. The summed E-state index contributed by atoms with van der Waals surface area (Å²) in [5.74, 6) is -0.601. The topological polar surface area (TPSA) is 81.4 Å². The van der Waals surface area contributed by atoms with Crippen LogP contribution in [0, 0.1) is 5.82 Å². The Morgan fingerprint density at radius 2 is 2.17 bits per heavy atom. The Morgan fingerprint density at radius 3 is 2.78 bits per heavy atom. The van der Waals surface area contributed by atoms with Crippen molar-refractivity contribution in [3.05, 3.63) is 29.6 Å². The molecule has 0 aliphatic heterocycles. The number of ether oxygens (including phenoxy) is 1. The predicted molar refractivity (Wildman–Crippen MR) is 68.2 cm³/mol. The fraction of sp³-hybridized carbons (Fsp3) is 0.455. The van der Waals surface area contributed by atoms with Crippen LogP contribution in [-0.4, -0.2) is 27.9 Å². The maximum absolute atomic E-state index is 13.4. The predicted octanol–water partition coefficient (Wildman–Crippen LogP) is 1.06. The second kappa shape index (κ2) is 6.67. The smallest absolute Gasteiger partial charge is 0.232 e. The summed E-state index contributed by atoms with van der Waals surface area (Å²) in [5, 5.41) is 0. The summed E-state index contributed by atoms with van der Waals surface area (Å²) in [7, 11) is -2.01. The number of methoxy groups -OCH3 is 1. The van der Waals surface area contributed by atoms with E-state index in [1.807, 2.05) is 0 Å². The van der Waals surface area contributed by atoms with Gasteiger partial charge in [-0.25, -0.2) is 12.8 Å². The molecular formula is C11H17FN2O3S. The SMILES string of the molecule is COCCCS(=O)(=O)Nc1cccc(F)c1CN. The number of nitrogens with two attached hydrogens (primary N) is 1. The molecule has 0 unspecified atom stereocenters. The molecule has 0 radical (unpaired) electrons. The van der Waals surface area contributed by atoms with Gasteiger partial charge < -0.3 is 10.5 Å². The lowest BCUT2D eigenvalue weighted by molar-refractivity contribution is 0.199. The van der Waals surface area contributed by atoms with Crippen molar-refractivity contribution in [2.75, 3.05) is 24.2 Å². The summed E-state index contributed by atoms with van der Waals surface area (Å²) in [4.78, 5) is 0. The zero-order valence-corrected chi connectivity index (χ0v) is 11.0. The molecule has 0 heterocycles. The first-order valence-corrected chi connectivity index (χ1v) is 7.12. The van der Waals surface area contributed by atoms with Gasteiger partial charge in [-0.1, -0.05) is 6.07 Å². The summed E-state index contributed by atoms with van der Waals surface area (Å²) >= 11 is 0. The van der Waals surface area contributed by atoms with Crippen molar-refractivity contribution in [2.24, 2.45) is 5.73 Å². The van der Waals surface area contributed by atoms with Gasteiger partial charge in [0.05, 0.1) is 11.4 Å². The van der Waals surface area contributed by atoms with Crippen LogP contribution in [0.1, 0.15) is 12.0 Å². The molecular weight excluding hydrogens is 259 g/mol. The van der Waals surface area contributed by atoms with Crippen LogP contribution in [0.25, 0.3) is 0 Å². The first-order valence-electron chi connectivity index (χ1n) is 5.47. The van der Waals surface area contributed by atoms with E-state index in [0.29, 0.717) is 13.0 Å². The third-order valence-electron chi connectivity index (χ3n) is 2.35. The average molecular weight is 276 g/mol. The number of hydrogen-bond donors (Lipinski definition) is 2. The first kappa shape index (κ1) is 14.9. The minimum atomic E-state index is -3.51.